The molecule has 3 aromatic rings. The number of thioether (sulfide) groups is 1. The van der Waals surface area contributed by atoms with Gasteiger partial charge < -0.3 is 10.1 Å². The van der Waals surface area contributed by atoms with Crippen molar-refractivity contribution in [1.29, 1.82) is 0 Å². The quantitative estimate of drug-likeness (QED) is 0.535. The van der Waals surface area contributed by atoms with Crippen LogP contribution >= 0.6 is 11.8 Å². The van der Waals surface area contributed by atoms with Crippen molar-refractivity contribution in [3.05, 3.63) is 60.4 Å². The first kappa shape index (κ1) is 20.9. The molecule has 0 radical (unpaired) electrons. The molecule has 3 rings (SSSR count). The first-order chi connectivity index (χ1) is 14.0. The summed E-state index contributed by atoms with van der Waals surface area (Å²) in [6, 6.07) is 15.6. The number of nitrogens with zero attached hydrogens (tertiary/aromatic N) is 3. The number of anilines is 1. The van der Waals surface area contributed by atoms with Gasteiger partial charge in [0, 0.05) is 11.8 Å². The number of ether oxygens (including phenoxy) is 1. The van der Waals surface area contributed by atoms with Crippen molar-refractivity contribution in [1.82, 2.24) is 14.8 Å². The summed E-state index contributed by atoms with van der Waals surface area (Å²) in [5, 5.41) is 11.6. The summed E-state index contributed by atoms with van der Waals surface area (Å²) in [4.78, 5) is 12.8. The van der Waals surface area contributed by atoms with Crippen molar-refractivity contribution in [2.75, 3.05) is 12.4 Å². The lowest BCUT2D eigenvalue weighted by molar-refractivity contribution is -0.115. The van der Waals surface area contributed by atoms with E-state index >= 15 is 0 Å². The van der Waals surface area contributed by atoms with Crippen LogP contribution in [0.1, 0.15) is 38.7 Å². The molecule has 1 amide bonds. The highest BCUT2D eigenvalue weighted by atomic mass is 32.2. The van der Waals surface area contributed by atoms with Gasteiger partial charge in [-0.25, -0.2) is 0 Å². The minimum absolute atomic E-state index is 0.0639. The van der Waals surface area contributed by atoms with Crippen LogP contribution in [-0.4, -0.2) is 33.0 Å². The van der Waals surface area contributed by atoms with Gasteiger partial charge in [0.1, 0.15) is 12.1 Å². The summed E-state index contributed by atoms with van der Waals surface area (Å²) < 4.78 is 7.14. The molecule has 1 N–H and O–H groups in total. The number of benzene rings is 2. The van der Waals surface area contributed by atoms with Crippen LogP contribution in [0.25, 0.3) is 5.69 Å². The molecular formula is C22H26N4O2S. The number of hydrogen-bond acceptors (Lipinski definition) is 5. The van der Waals surface area contributed by atoms with Gasteiger partial charge in [0.2, 0.25) is 5.91 Å². The molecule has 7 heteroatoms. The lowest BCUT2D eigenvalue weighted by atomic mass is 9.97. The number of aromatic nitrogens is 3. The van der Waals surface area contributed by atoms with Gasteiger partial charge in [0.05, 0.1) is 18.0 Å². The second-order valence-electron chi connectivity index (χ2n) is 6.83. The maximum Gasteiger partial charge on any atom is 0.237 e. The van der Waals surface area contributed by atoms with Gasteiger partial charge in [0.15, 0.2) is 5.16 Å². The van der Waals surface area contributed by atoms with Crippen molar-refractivity contribution in [2.24, 2.45) is 0 Å². The van der Waals surface area contributed by atoms with E-state index in [0.29, 0.717) is 11.1 Å². The Morgan fingerprint density at radius 2 is 2.00 bits per heavy atom. The predicted molar refractivity (Wildman–Crippen MR) is 117 cm³/mol. The molecule has 0 aliphatic heterocycles. The van der Waals surface area contributed by atoms with Gasteiger partial charge >= 0.3 is 0 Å². The molecule has 6 nitrogen and oxygen atoms in total. The molecule has 1 heterocycles. The van der Waals surface area contributed by atoms with Crippen LogP contribution in [0.4, 0.5) is 5.69 Å². The van der Waals surface area contributed by atoms with E-state index in [9.17, 15) is 4.79 Å². The zero-order valence-corrected chi connectivity index (χ0v) is 17.9. The summed E-state index contributed by atoms with van der Waals surface area (Å²) in [7, 11) is 1.63. The molecule has 0 spiro atoms. The summed E-state index contributed by atoms with van der Waals surface area (Å²) in [5.41, 5.74) is 2.90. The monoisotopic (exact) mass is 410 g/mol. The average molecular weight is 411 g/mol. The molecule has 29 heavy (non-hydrogen) atoms. The number of carbonyl (C=O) groups excluding carboxylic acids is 1. The largest absolute Gasteiger partial charge is 0.497 e. The normalized spacial score (nSPS) is 13.0. The Hall–Kier alpha value is -2.80. The van der Waals surface area contributed by atoms with Gasteiger partial charge in [-0.2, -0.15) is 0 Å². The number of hydrogen-bond donors (Lipinski definition) is 1. The van der Waals surface area contributed by atoms with E-state index in [1.165, 1.54) is 11.8 Å². The number of nitrogens with one attached hydrogen (secondary N) is 1. The van der Waals surface area contributed by atoms with Crippen molar-refractivity contribution in [3.63, 3.8) is 0 Å². The Bertz CT molecular complexity index is 973. The maximum absolute atomic E-state index is 12.8. The van der Waals surface area contributed by atoms with Gasteiger partial charge in [-0.15, -0.1) is 10.2 Å². The summed E-state index contributed by atoms with van der Waals surface area (Å²) in [6.07, 6.45) is 2.65. The van der Waals surface area contributed by atoms with E-state index in [0.717, 1.165) is 29.1 Å². The highest BCUT2D eigenvalue weighted by molar-refractivity contribution is 8.00. The van der Waals surface area contributed by atoms with Crippen molar-refractivity contribution < 1.29 is 9.53 Å². The van der Waals surface area contributed by atoms with Crippen LogP contribution in [0.5, 0.6) is 5.75 Å². The van der Waals surface area contributed by atoms with E-state index in [4.69, 9.17) is 4.74 Å². The number of rotatable bonds is 8. The van der Waals surface area contributed by atoms with Crippen LogP contribution in [0, 0.1) is 0 Å². The minimum atomic E-state index is -0.339. The van der Waals surface area contributed by atoms with Crippen LogP contribution in [-0.2, 0) is 4.79 Å². The number of amides is 1. The van der Waals surface area contributed by atoms with E-state index in [1.54, 1.807) is 13.4 Å². The fourth-order valence-electron chi connectivity index (χ4n) is 2.95. The zero-order valence-electron chi connectivity index (χ0n) is 17.1. The lowest BCUT2D eigenvalue weighted by Gasteiger charge is -2.17. The van der Waals surface area contributed by atoms with Crippen LogP contribution < -0.4 is 10.1 Å². The molecule has 152 valence electrons. The maximum atomic E-state index is 12.8. The Balaban J connectivity index is 1.74. The van der Waals surface area contributed by atoms with Gasteiger partial charge in [-0.3, -0.25) is 9.36 Å². The highest BCUT2D eigenvalue weighted by Crippen LogP contribution is 2.29. The Kier molecular flexibility index (Phi) is 6.93. The Morgan fingerprint density at radius 3 is 2.76 bits per heavy atom. The molecule has 0 saturated heterocycles. The smallest absolute Gasteiger partial charge is 0.237 e. The topological polar surface area (TPSA) is 69.0 Å². The van der Waals surface area contributed by atoms with E-state index in [2.05, 4.69) is 35.4 Å². The standard InChI is InChI=1S/C22H26N4O2S/c1-5-15(2)19-11-6-7-12-20(19)24-21(27)16(3)29-22-25-23-14-26(22)17-9-8-10-18(13-17)28-4/h6-16H,5H2,1-4H3,(H,24,27). The molecule has 0 aliphatic carbocycles. The second kappa shape index (κ2) is 9.60. The molecule has 0 bridgehead atoms. The van der Waals surface area contributed by atoms with Crippen LogP contribution in [0.3, 0.4) is 0 Å². The van der Waals surface area contributed by atoms with Crippen molar-refractivity contribution >= 4 is 23.4 Å². The number of para-hydroxylation sites is 1. The number of methoxy groups -OCH3 is 1. The van der Waals surface area contributed by atoms with Crippen molar-refractivity contribution in [2.45, 2.75) is 43.5 Å². The molecule has 0 saturated carbocycles. The summed E-state index contributed by atoms with van der Waals surface area (Å²) >= 11 is 1.37. The Labute approximate surface area is 175 Å². The van der Waals surface area contributed by atoms with Crippen LogP contribution in [0.15, 0.2) is 60.0 Å². The molecule has 2 unspecified atom stereocenters. The average Bonchev–Trinajstić information content (AvgIpc) is 3.21. The van der Waals surface area contributed by atoms with Crippen molar-refractivity contribution in [3.8, 4) is 11.4 Å². The second-order valence-corrected chi connectivity index (χ2v) is 8.14. The molecular weight excluding hydrogens is 384 g/mol. The third-order valence-electron chi connectivity index (χ3n) is 4.86. The summed E-state index contributed by atoms with van der Waals surface area (Å²) in [5.74, 6) is 1.07. The molecule has 0 aliphatic rings. The molecule has 2 atom stereocenters. The third-order valence-corrected chi connectivity index (χ3v) is 5.92. The van der Waals surface area contributed by atoms with Gasteiger partial charge in [0.25, 0.3) is 0 Å². The molecule has 1 aromatic heterocycles. The van der Waals surface area contributed by atoms with E-state index < -0.39 is 0 Å². The fourth-order valence-corrected chi connectivity index (χ4v) is 3.79. The highest BCUT2D eigenvalue weighted by Gasteiger charge is 2.20. The zero-order chi connectivity index (χ0) is 20.8. The third kappa shape index (κ3) is 4.98. The van der Waals surface area contributed by atoms with E-state index in [1.807, 2.05) is 54.0 Å². The Morgan fingerprint density at radius 1 is 1.21 bits per heavy atom. The SMILES string of the molecule is CCC(C)c1ccccc1NC(=O)C(C)Sc1nncn1-c1cccc(OC)c1. The molecule has 2 aromatic carbocycles. The minimum Gasteiger partial charge on any atom is -0.497 e. The lowest BCUT2D eigenvalue weighted by Crippen LogP contribution is -2.23. The first-order valence-corrected chi connectivity index (χ1v) is 10.5. The van der Waals surface area contributed by atoms with Gasteiger partial charge in [-0.05, 0) is 43.0 Å². The first-order valence-electron chi connectivity index (χ1n) is 9.64. The van der Waals surface area contributed by atoms with Gasteiger partial charge in [-0.1, -0.05) is 49.9 Å². The number of carbonyl (C=O) groups is 1. The molecule has 0 fully saturated rings. The summed E-state index contributed by atoms with van der Waals surface area (Å²) in [6.45, 7) is 6.18. The fraction of sp³-hybridized carbons (Fsp3) is 0.318. The van der Waals surface area contributed by atoms with E-state index in [-0.39, 0.29) is 11.2 Å². The van der Waals surface area contributed by atoms with Crippen LogP contribution in [0.2, 0.25) is 0 Å². The predicted octanol–water partition coefficient (Wildman–Crippen LogP) is 4.91.